The van der Waals surface area contributed by atoms with E-state index < -0.39 is 18.3 Å². The van der Waals surface area contributed by atoms with Crippen LogP contribution in [0.15, 0.2) is 0 Å². The van der Waals surface area contributed by atoms with Gasteiger partial charge in [-0.3, -0.25) is 4.79 Å². The number of rotatable bonds is 5. The highest BCUT2D eigenvalue weighted by atomic mass is 19.3. The first-order chi connectivity index (χ1) is 10.1. The maximum Gasteiger partial charge on any atom is 0.314 e. The average Bonchev–Trinajstić information content (AvgIpc) is 2.53. The molecule has 0 radical (unpaired) electrons. The van der Waals surface area contributed by atoms with Crippen molar-refractivity contribution in [3.63, 3.8) is 0 Å². The lowest BCUT2D eigenvalue weighted by Crippen LogP contribution is -2.41. The minimum atomic E-state index is -2.61. The minimum Gasteiger partial charge on any atom is -0.469 e. The van der Waals surface area contributed by atoms with Gasteiger partial charge in [-0.2, -0.15) is 0 Å². The zero-order valence-electron chi connectivity index (χ0n) is 13.0. The molecule has 0 saturated heterocycles. The third-order valence-corrected chi connectivity index (χ3v) is 5.55. The Labute approximate surface area is 126 Å². The molecule has 0 amide bonds. The van der Waals surface area contributed by atoms with Crippen molar-refractivity contribution in [1.82, 2.24) is 0 Å². The summed E-state index contributed by atoms with van der Waals surface area (Å²) in [6.07, 6.45) is 8.26. The second kappa shape index (κ2) is 8.09. The quantitative estimate of drug-likeness (QED) is 0.681. The molecule has 0 spiro atoms. The largest absolute Gasteiger partial charge is 0.469 e. The Bertz CT molecular complexity index is 303. The van der Waals surface area contributed by atoms with E-state index >= 15 is 0 Å². The number of methoxy groups -OCH3 is 1. The second-order valence-corrected chi connectivity index (χ2v) is 6.76. The topological polar surface area (TPSA) is 26.3 Å². The maximum absolute atomic E-state index is 13.6. The molecule has 1 atom stereocenters. The van der Waals surface area contributed by atoms with E-state index in [0.717, 1.165) is 51.4 Å². The van der Waals surface area contributed by atoms with Crippen LogP contribution in [-0.2, 0) is 9.53 Å². The van der Waals surface area contributed by atoms with Gasteiger partial charge in [0.05, 0.1) is 7.11 Å². The molecule has 4 heteroatoms. The zero-order valence-corrected chi connectivity index (χ0v) is 13.0. The van der Waals surface area contributed by atoms with Crippen molar-refractivity contribution in [3.05, 3.63) is 0 Å². The molecule has 2 aliphatic carbocycles. The van der Waals surface area contributed by atoms with Crippen LogP contribution >= 0.6 is 0 Å². The summed E-state index contributed by atoms with van der Waals surface area (Å²) >= 11 is 0. The Morgan fingerprint density at radius 3 is 1.67 bits per heavy atom. The first-order valence-corrected chi connectivity index (χ1v) is 8.51. The molecule has 2 fully saturated rings. The van der Waals surface area contributed by atoms with E-state index in [2.05, 4.69) is 0 Å². The van der Waals surface area contributed by atoms with Crippen LogP contribution in [0.2, 0.25) is 0 Å². The van der Waals surface area contributed by atoms with Gasteiger partial charge in [-0.05, 0) is 17.8 Å². The number of hydrogen-bond acceptors (Lipinski definition) is 2. The summed E-state index contributed by atoms with van der Waals surface area (Å²) in [5.41, 5.74) is 0. The molecular formula is C17H28F2O2. The summed E-state index contributed by atoms with van der Waals surface area (Å²) in [6, 6.07) is 0. The van der Waals surface area contributed by atoms with Crippen LogP contribution in [0, 0.1) is 23.7 Å². The van der Waals surface area contributed by atoms with Crippen LogP contribution < -0.4 is 0 Å². The third kappa shape index (κ3) is 4.17. The van der Waals surface area contributed by atoms with Gasteiger partial charge in [0, 0.05) is 0 Å². The molecule has 2 rings (SSSR count). The van der Waals surface area contributed by atoms with Gasteiger partial charge in [0.25, 0.3) is 6.43 Å². The lowest BCUT2D eigenvalue weighted by atomic mass is 9.64. The van der Waals surface area contributed by atoms with Crippen molar-refractivity contribution in [3.8, 4) is 0 Å². The highest BCUT2D eigenvalue weighted by molar-refractivity contribution is 5.73. The molecule has 0 bridgehead atoms. The third-order valence-electron chi connectivity index (χ3n) is 5.55. The fraction of sp³-hybridized carbons (Fsp3) is 0.941. The van der Waals surface area contributed by atoms with Gasteiger partial charge in [-0.25, -0.2) is 8.78 Å². The number of ether oxygens (including phenoxy) is 1. The summed E-state index contributed by atoms with van der Waals surface area (Å²) in [5.74, 6) is -1.55. The van der Waals surface area contributed by atoms with Crippen molar-refractivity contribution >= 4 is 5.97 Å². The van der Waals surface area contributed by atoms with Gasteiger partial charge < -0.3 is 4.74 Å². The molecule has 2 aliphatic rings. The molecule has 2 saturated carbocycles. The van der Waals surface area contributed by atoms with Crippen molar-refractivity contribution in [2.75, 3.05) is 7.11 Å². The first kappa shape index (κ1) is 16.7. The van der Waals surface area contributed by atoms with Crippen molar-refractivity contribution in [1.29, 1.82) is 0 Å². The Hall–Kier alpha value is -0.670. The van der Waals surface area contributed by atoms with Crippen molar-refractivity contribution < 1.29 is 18.3 Å². The molecular weight excluding hydrogens is 274 g/mol. The monoisotopic (exact) mass is 302 g/mol. The van der Waals surface area contributed by atoms with Gasteiger partial charge in [-0.15, -0.1) is 0 Å². The Kier molecular flexibility index (Phi) is 6.43. The standard InChI is InChI=1S/C17H28F2O2/c1-21-17(20)15(16(18)19)14(12-8-4-2-5-9-12)13-10-6-3-7-11-13/h12-16H,2-11H2,1H3. The SMILES string of the molecule is COC(=O)C(C(F)F)C(C1CCCCC1)C1CCCCC1. The summed E-state index contributed by atoms with van der Waals surface area (Å²) < 4.78 is 31.9. The Morgan fingerprint density at radius 2 is 1.33 bits per heavy atom. The predicted octanol–water partition coefficient (Wildman–Crippen LogP) is 4.82. The van der Waals surface area contributed by atoms with Crippen LogP contribution in [-0.4, -0.2) is 19.5 Å². The number of alkyl halides is 2. The molecule has 1 unspecified atom stereocenters. The maximum atomic E-state index is 13.6. The van der Waals surface area contributed by atoms with Gasteiger partial charge in [0.15, 0.2) is 0 Å². The lowest BCUT2D eigenvalue weighted by Gasteiger charge is -2.41. The van der Waals surface area contributed by atoms with Crippen LogP contribution in [0.5, 0.6) is 0 Å². The Balaban J connectivity index is 2.20. The highest BCUT2D eigenvalue weighted by Gasteiger charge is 2.45. The average molecular weight is 302 g/mol. The summed E-state index contributed by atoms with van der Waals surface area (Å²) in [7, 11) is 1.23. The van der Waals surface area contributed by atoms with Crippen LogP contribution in [0.25, 0.3) is 0 Å². The molecule has 122 valence electrons. The normalized spacial score (nSPS) is 23.5. The number of carbonyl (C=O) groups excluding carboxylic acids is 1. The number of esters is 1. The summed E-state index contributed by atoms with van der Waals surface area (Å²) in [5, 5.41) is 0. The molecule has 0 aromatic carbocycles. The lowest BCUT2D eigenvalue weighted by molar-refractivity contribution is -0.158. The van der Waals surface area contributed by atoms with Crippen molar-refractivity contribution in [2.24, 2.45) is 23.7 Å². The van der Waals surface area contributed by atoms with E-state index in [9.17, 15) is 13.6 Å². The van der Waals surface area contributed by atoms with Gasteiger partial charge in [0.1, 0.15) is 5.92 Å². The van der Waals surface area contributed by atoms with Crippen molar-refractivity contribution in [2.45, 2.75) is 70.6 Å². The molecule has 0 aliphatic heterocycles. The molecule has 0 heterocycles. The van der Waals surface area contributed by atoms with E-state index in [4.69, 9.17) is 4.74 Å². The van der Waals surface area contributed by atoms with E-state index in [1.165, 1.54) is 20.0 Å². The van der Waals surface area contributed by atoms with Crippen LogP contribution in [0.3, 0.4) is 0 Å². The molecule has 0 aromatic rings. The number of carbonyl (C=O) groups is 1. The summed E-state index contributed by atoms with van der Waals surface area (Å²) in [4.78, 5) is 12.0. The van der Waals surface area contributed by atoms with Gasteiger partial charge in [-0.1, -0.05) is 64.2 Å². The number of hydrogen-bond donors (Lipinski definition) is 0. The van der Waals surface area contributed by atoms with E-state index in [-0.39, 0.29) is 17.8 Å². The summed E-state index contributed by atoms with van der Waals surface area (Å²) in [6.45, 7) is 0. The van der Waals surface area contributed by atoms with Gasteiger partial charge >= 0.3 is 5.97 Å². The second-order valence-electron chi connectivity index (χ2n) is 6.76. The molecule has 2 nitrogen and oxygen atoms in total. The first-order valence-electron chi connectivity index (χ1n) is 8.51. The molecule has 0 N–H and O–H groups in total. The van der Waals surface area contributed by atoms with E-state index in [1.807, 2.05) is 0 Å². The van der Waals surface area contributed by atoms with Crippen LogP contribution in [0.4, 0.5) is 8.78 Å². The van der Waals surface area contributed by atoms with E-state index in [0.29, 0.717) is 0 Å². The Morgan fingerprint density at radius 1 is 0.905 bits per heavy atom. The fourth-order valence-electron chi connectivity index (χ4n) is 4.57. The zero-order chi connectivity index (χ0) is 15.2. The smallest absolute Gasteiger partial charge is 0.314 e. The van der Waals surface area contributed by atoms with E-state index in [1.54, 1.807) is 0 Å². The molecule has 21 heavy (non-hydrogen) atoms. The molecule has 0 aromatic heterocycles. The predicted molar refractivity (Wildman–Crippen MR) is 78.2 cm³/mol. The fourth-order valence-corrected chi connectivity index (χ4v) is 4.57. The number of halogens is 2. The van der Waals surface area contributed by atoms with Crippen LogP contribution in [0.1, 0.15) is 64.2 Å². The minimum absolute atomic E-state index is 0.182. The van der Waals surface area contributed by atoms with Gasteiger partial charge in [0.2, 0.25) is 0 Å². The highest BCUT2D eigenvalue weighted by Crippen LogP contribution is 2.45.